The smallest absolute Gasteiger partial charge is 0.389 e. The molecule has 1 amide bonds. The van der Waals surface area contributed by atoms with Crippen molar-refractivity contribution in [2.75, 3.05) is 54.1 Å². The van der Waals surface area contributed by atoms with E-state index in [4.69, 9.17) is 5.73 Å². The Labute approximate surface area is 270 Å². The Hall–Kier alpha value is -3.81. The SMILES string of the molecule is C=CC(=O)N1CCN(c2nc(=O)n3c4c(c(-c5c(F)cc(F)c6sc(N)c(C#N)c56)c(C(F)(F)F)cc24)SCC2(CSC2)C3)CC1. The number of thiophene rings is 1. The zero-order chi connectivity index (χ0) is 32.7. The molecular formula is C30H23F5N6O2S3. The van der Waals surface area contributed by atoms with Gasteiger partial charge in [-0.05, 0) is 12.1 Å². The number of hydrogen-bond donors (Lipinski definition) is 1. The van der Waals surface area contributed by atoms with Gasteiger partial charge in [0, 0.05) is 88.3 Å². The van der Waals surface area contributed by atoms with Gasteiger partial charge >= 0.3 is 11.9 Å². The fraction of sp³-hybridized carbons (Fsp3) is 0.333. The second kappa shape index (κ2) is 10.9. The van der Waals surface area contributed by atoms with Crippen LogP contribution < -0.4 is 16.3 Å². The van der Waals surface area contributed by atoms with Gasteiger partial charge in [0.15, 0.2) is 0 Å². The summed E-state index contributed by atoms with van der Waals surface area (Å²) < 4.78 is 77.8. The predicted molar refractivity (Wildman–Crippen MR) is 170 cm³/mol. The lowest BCUT2D eigenvalue weighted by molar-refractivity contribution is -0.137. The number of thioether (sulfide) groups is 2. The largest absolute Gasteiger partial charge is 0.417 e. The van der Waals surface area contributed by atoms with Crippen LogP contribution in [0.1, 0.15) is 11.1 Å². The molecule has 0 aliphatic carbocycles. The van der Waals surface area contributed by atoms with E-state index in [9.17, 15) is 14.9 Å². The molecule has 2 aromatic heterocycles. The summed E-state index contributed by atoms with van der Waals surface area (Å²) in [6, 6.07) is 3.20. The van der Waals surface area contributed by atoms with Crippen LogP contribution in [0.2, 0.25) is 0 Å². The van der Waals surface area contributed by atoms with Gasteiger partial charge in [-0.3, -0.25) is 9.36 Å². The van der Waals surface area contributed by atoms with Crippen LogP contribution in [0.3, 0.4) is 0 Å². The number of nitrogens with two attached hydrogens (primary N) is 1. The maximum atomic E-state index is 16.0. The number of amides is 1. The highest BCUT2D eigenvalue weighted by Gasteiger charge is 2.45. The minimum absolute atomic E-state index is 0.000269. The van der Waals surface area contributed by atoms with Gasteiger partial charge in [0.25, 0.3) is 0 Å². The van der Waals surface area contributed by atoms with Gasteiger partial charge in [-0.1, -0.05) is 6.58 Å². The van der Waals surface area contributed by atoms with Gasteiger partial charge in [-0.2, -0.15) is 35.2 Å². The summed E-state index contributed by atoms with van der Waals surface area (Å²) in [5.41, 5.74) is 2.37. The second-order valence-corrected chi connectivity index (χ2v) is 14.5. The molecular weight excluding hydrogens is 668 g/mol. The third-order valence-electron chi connectivity index (χ3n) is 8.66. The number of alkyl halides is 3. The summed E-state index contributed by atoms with van der Waals surface area (Å²) in [5.74, 6) is -0.926. The molecule has 0 radical (unpaired) electrons. The van der Waals surface area contributed by atoms with Crippen LogP contribution >= 0.6 is 34.9 Å². The number of piperazine rings is 1. The number of aromatic nitrogens is 2. The molecule has 4 aromatic rings. The Morgan fingerprint density at radius 3 is 2.43 bits per heavy atom. The van der Waals surface area contributed by atoms with E-state index in [-0.39, 0.29) is 80.9 Å². The number of hydrogen-bond acceptors (Lipinski definition) is 9. The van der Waals surface area contributed by atoms with Crippen molar-refractivity contribution < 1.29 is 26.7 Å². The van der Waals surface area contributed by atoms with Crippen molar-refractivity contribution in [3.05, 3.63) is 58.0 Å². The molecule has 0 saturated carbocycles. The zero-order valence-corrected chi connectivity index (χ0v) is 26.3. The summed E-state index contributed by atoms with van der Waals surface area (Å²) in [4.78, 5) is 33.5. The standard InChI is InChI=1S/C30H23F5N6O2S3/c1-2-19(42)39-3-5-40(6-4-39)27-14-7-16(30(33,34)35)21(22-17(31)8-18(32)24-20(22)15(9-36)26(37)46-24)25-23(14)41(28(43)38-27)10-29(13-45-25)11-44-12-29/h2,7-8H,1,3-6,10-13,37H2. The number of carbonyl (C=O) groups excluding carboxylic acids is 1. The summed E-state index contributed by atoms with van der Waals surface area (Å²) in [5, 5.41) is 9.45. The second-order valence-electron chi connectivity index (χ2n) is 11.5. The molecule has 7 rings (SSSR count). The van der Waals surface area contributed by atoms with Gasteiger partial charge in [-0.25, -0.2) is 13.6 Å². The lowest BCUT2D eigenvalue weighted by Crippen LogP contribution is -2.49. The molecule has 238 valence electrons. The Morgan fingerprint density at radius 1 is 1.11 bits per heavy atom. The summed E-state index contributed by atoms with van der Waals surface area (Å²) in [6.45, 7) is 4.56. The van der Waals surface area contributed by atoms with E-state index < -0.39 is 45.6 Å². The quantitative estimate of drug-likeness (QED) is 0.216. The van der Waals surface area contributed by atoms with Crippen LogP contribution in [0, 0.1) is 28.4 Å². The molecule has 8 nitrogen and oxygen atoms in total. The normalized spacial score (nSPS) is 17.7. The van der Waals surface area contributed by atoms with Crippen LogP contribution in [-0.2, 0) is 17.5 Å². The maximum absolute atomic E-state index is 16.0. The lowest BCUT2D eigenvalue weighted by Gasteiger charge is -2.40. The molecule has 1 spiro atoms. The first-order valence-electron chi connectivity index (χ1n) is 14.0. The molecule has 3 aliphatic heterocycles. The molecule has 0 bridgehead atoms. The third kappa shape index (κ3) is 4.65. The average molecular weight is 691 g/mol. The van der Waals surface area contributed by atoms with Crippen molar-refractivity contribution >= 4 is 72.6 Å². The van der Waals surface area contributed by atoms with Crippen LogP contribution in [0.5, 0.6) is 0 Å². The first kappa shape index (κ1) is 30.8. The molecule has 2 fully saturated rings. The molecule has 2 N–H and O–H groups in total. The number of nitrogen functional groups attached to an aromatic ring is 1. The van der Waals surface area contributed by atoms with Gasteiger partial charge in [0.1, 0.15) is 28.5 Å². The van der Waals surface area contributed by atoms with E-state index >= 15 is 22.0 Å². The first-order valence-corrected chi connectivity index (χ1v) is 17.0. The molecule has 5 heterocycles. The average Bonchev–Trinajstić information content (AvgIpc) is 3.21. The number of anilines is 2. The topological polar surface area (TPSA) is 108 Å². The van der Waals surface area contributed by atoms with Gasteiger partial charge in [0.05, 0.1) is 21.3 Å². The summed E-state index contributed by atoms with van der Waals surface area (Å²) >= 11 is 3.40. The zero-order valence-electron chi connectivity index (χ0n) is 23.8. The van der Waals surface area contributed by atoms with Crippen molar-refractivity contribution in [1.82, 2.24) is 14.5 Å². The maximum Gasteiger partial charge on any atom is 0.417 e. The molecule has 0 unspecified atom stereocenters. The fourth-order valence-electron chi connectivity index (χ4n) is 6.41. The highest BCUT2D eigenvalue weighted by Crippen LogP contribution is 2.55. The molecule has 0 atom stereocenters. The molecule has 2 saturated heterocycles. The Bertz CT molecular complexity index is 2090. The van der Waals surface area contributed by atoms with Crippen LogP contribution in [0.15, 0.2) is 34.5 Å². The number of halogens is 5. The van der Waals surface area contributed by atoms with Crippen molar-refractivity contribution in [2.24, 2.45) is 5.41 Å². The monoisotopic (exact) mass is 690 g/mol. The highest BCUT2D eigenvalue weighted by molar-refractivity contribution is 8.01. The van der Waals surface area contributed by atoms with E-state index in [1.165, 1.54) is 10.6 Å². The first-order chi connectivity index (χ1) is 21.9. The summed E-state index contributed by atoms with van der Waals surface area (Å²) in [7, 11) is 0. The van der Waals surface area contributed by atoms with Crippen molar-refractivity contribution in [2.45, 2.75) is 17.6 Å². The van der Waals surface area contributed by atoms with E-state index in [2.05, 4.69) is 11.6 Å². The Kier molecular flexibility index (Phi) is 7.29. The number of carbonyl (C=O) groups is 1. The van der Waals surface area contributed by atoms with E-state index in [0.717, 1.165) is 17.8 Å². The van der Waals surface area contributed by atoms with E-state index in [1.807, 2.05) is 6.07 Å². The number of nitriles is 1. The van der Waals surface area contributed by atoms with E-state index in [0.29, 0.717) is 34.7 Å². The van der Waals surface area contributed by atoms with Gasteiger partial charge in [-0.15, -0.1) is 23.1 Å². The lowest BCUT2D eigenvalue weighted by atomic mass is 9.91. The van der Waals surface area contributed by atoms with Crippen LogP contribution in [0.25, 0.3) is 32.1 Å². The number of rotatable bonds is 3. The molecule has 3 aliphatic rings. The van der Waals surface area contributed by atoms with E-state index in [1.54, 1.807) is 21.6 Å². The predicted octanol–water partition coefficient (Wildman–Crippen LogP) is 5.70. The van der Waals surface area contributed by atoms with Gasteiger partial charge < -0.3 is 15.5 Å². The number of benzene rings is 2. The summed E-state index contributed by atoms with van der Waals surface area (Å²) in [6.07, 6.45) is -3.86. The molecule has 16 heteroatoms. The highest BCUT2D eigenvalue weighted by atomic mass is 32.2. The molecule has 2 aromatic carbocycles. The van der Waals surface area contributed by atoms with Gasteiger partial charge in [0.2, 0.25) is 5.91 Å². The van der Waals surface area contributed by atoms with Crippen LogP contribution in [0.4, 0.5) is 32.8 Å². The minimum Gasteiger partial charge on any atom is -0.389 e. The third-order valence-corrected chi connectivity index (χ3v) is 12.8. The molecule has 46 heavy (non-hydrogen) atoms. The van der Waals surface area contributed by atoms with Crippen molar-refractivity contribution in [3.63, 3.8) is 0 Å². The van der Waals surface area contributed by atoms with Crippen LogP contribution in [-0.4, -0.2) is 63.8 Å². The Balaban J connectivity index is 1.58. The fourth-order valence-corrected chi connectivity index (χ4v) is 10.2. The number of fused-ring (bicyclic) bond motifs is 1. The van der Waals surface area contributed by atoms with Crippen molar-refractivity contribution in [3.8, 4) is 17.2 Å². The minimum atomic E-state index is -5.04. The Morgan fingerprint density at radius 2 is 1.83 bits per heavy atom. The number of nitrogens with zero attached hydrogens (tertiary/aromatic N) is 5. The van der Waals surface area contributed by atoms with Crippen molar-refractivity contribution in [1.29, 1.82) is 5.26 Å².